The molecular formula is C22H28N4O4S2. The van der Waals surface area contributed by atoms with Crippen molar-refractivity contribution in [2.24, 2.45) is 0 Å². The highest BCUT2D eigenvalue weighted by Gasteiger charge is 2.28. The average Bonchev–Trinajstić information content (AvgIpc) is 3.35. The number of thiazole rings is 1. The Balaban J connectivity index is 1.26. The SMILES string of the molecule is CC(C)(C)OC(=O)N1CCc2nc(NC(=O)CCC(=O)N3CCc4sccc4C3)sc2C1. The molecule has 2 aliphatic rings. The second-order valence-electron chi connectivity index (χ2n) is 9.02. The van der Waals surface area contributed by atoms with Crippen LogP contribution in [0.3, 0.4) is 0 Å². The van der Waals surface area contributed by atoms with Gasteiger partial charge >= 0.3 is 6.09 Å². The molecule has 0 fully saturated rings. The Labute approximate surface area is 195 Å². The second-order valence-corrected chi connectivity index (χ2v) is 11.1. The van der Waals surface area contributed by atoms with Gasteiger partial charge in [0.2, 0.25) is 11.8 Å². The van der Waals surface area contributed by atoms with Crippen LogP contribution in [0.25, 0.3) is 0 Å². The maximum Gasteiger partial charge on any atom is 0.410 e. The lowest BCUT2D eigenvalue weighted by molar-refractivity contribution is -0.133. The summed E-state index contributed by atoms with van der Waals surface area (Å²) in [5, 5.41) is 5.39. The Hall–Kier alpha value is -2.46. The minimum Gasteiger partial charge on any atom is -0.444 e. The van der Waals surface area contributed by atoms with Gasteiger partial charge in [0.1, 0.15) is 5.60 Å². The number of nitrogens with zero attached hydrogens (tertiary/aromatic N) is 3. The van der Waals surface area contributed by atoms with E-state index in [-0.39, 0.29) is 30.7 Å². The molecule has 0 bridgehead atoms. The zero-order chi connectivity index (χ0) is 22.9. The van der Waals surface area contributed by atoms with Crippen molar-refractivity contribution in [1.29, 1.82) is 0 Å². The van der Waals surface area contributed by atoms with E-state index in [1.54, 1.807) is 16.2 Å². The molecule has 2 aliphatic heterocycles. The summed E-state index contributed by atoms with van der Waals surface area (Å²) in [7, 11) is 0. The van der Waals surface area contributed by atoms with Gasteiger partial charge in [-0.05, 0) is 44.2 Å². The lowest BCUT2D eigenvalue weighted by atomic mass is 10.1. The van der Waals surface area contributed by atoms with Crippen LogP contribution in [0.4, 0.5) is 9.93 Å². The third-order valence-electron chi connectivity index (χ3n) is 5.36. The summed E-state index contributed by atoms with van der Waals surface area (Å²) >= 11 is 3.11. The molecule has 172 valence electrons. The average molecular weight is 477 g/mol. The number of rotatable bonds is 4. The van der Waals surface area contributed by atoms with Gasteiger partial charge in [0, 0.05) is 48.7 Å². The number of ether oxygens (including phenoxy) is 1. The van der Waals surface area contributed by atoms with Crippen LogP contribution in [-0.2, 0) is 40.3 Å². The number of anilines is 1. The van der Waals surface area contributed by atoms with Crippen molar-refractivity contribution in [2.75, 3.05) is 18.4 Å². The Morgan fingerprint density at radius 1 is 1.09 bits per heavy atom. The molecule has 10 heteroatoms. The van der Waals surface area contributed by atoms with E-state index in [0.29, 0.717) is 37.7 Å². The first-order valence-electron chi connectivity index (χ1n) is 10.8. The number of fused-ring (bicyclic) bond motifs is 2. The van der Waals surface area contributed by atoms with Crippen LogP contribution >= 0.6 is 22.7 Å². The lowest BCUT2D eigenvalue weighted by Crippen LogP contribution is -2.39. The molecule has 0 saturated heterocycles. The van der Waals surface area contributed by atoms with Crippen molar-refractivity contribution in [3.05, 3.63) is 32.5 Å². The predicted molar refractivity (Wildman–Crippen MR) is 124 cm³/mol. The highest BCUT2D eigenvalue weighted by atomic mass is 32.1. The van der Waals surface area contributed by atoms with Gasteiger partial charge in [0.25, 0.3) is 0 Å². The molecule has 2 aromatic heterocycles. The standard InChI is InChI=1S/C22H28N4O4S2/c1-22(2,3)30-21(29)26-9-6-15-17(13-26)32-20(23-15)24-18(27)4-5-19(28)25-10-7-16-14(12-25)8-11-31-16/h8,11H,4-7,9-10,12-13H2,1-3H3,(H,23,24,27). The van der Waals surface area contributed by atoms with Crippen LogP contribution in [0.1, 0.15) is 54.6 Å². The van der Waals surface area contributed by atoms with Crippen LogP contribution in [0.5, 0.6) is 0 Å². The maximum absolute atomic E-state index is 12.5. The van der Waals surface area contributed by atoms with Crippen molar-refractivity contribution in [1.82, 2.24) is 14.8 Å². The molecule has 1 N–H and O–H groups in total. The highest BCUT2D eigenvalue weighted by molar-refractivity contribution is 7.15. The molecule has 4 rings (SSSR count). The molecular weight excluding hydrogens is 448 g/mol. The minimum absolute atomic E-state index is 0.00318. The van der Waals surface area contributed by atoms with Crippen LogP contribution in [0, 0.1) is 0 Å². The fraction of sp³-hybridized carbons (Fsp3) is 0.545. The first kappa shape index (κ1) is 22.7. The number of carbonyl (C=O) groups is 3. The Morgan fingerprint density at radius 2 is 1.88 bits per heavy atom. The molecule has 0 unspecified atom stereocenters. The third-order valence-corrected chi connectivity index (χ3v) is 7.38. The monoisotopic (exact) mass is 476 g/mol. The summed E-state index contributed by atoms with van der Waals surface area (Å²) in [6, 6.07) is 2.07. The Kier molecular flexibility index (Phi) is 6.52. The molecule has 0 aromatic carbocycles. The normalized spacial score (nSPS) is 15.7. The molecule has 0 saturated carbocycles. The number of hydrogen-bond acceptors (Lipinski definition) is 7. The summed E-state index contributed by atoms with van der Waals surface area (Å²) in [5.74, 6) is -0.217. The van der Waals surface area contributed by atoms with E-state index in [2.05, 4.69) is 21.7 Å². The molecule has 3 amide bonds. The number of thiophene rings is 1. The zero-order valence-corrected chi connectivity index (χ0v) is 20.2. The quantitative estimate of drug-likeness (QED) is 0.725. The highest BCUT2D eigenvalue weighted by Crippen LogP contribution is 2.29. The van der Waals surface area contributed by atoms with Crippen LogP contribution in [-0.4, -0.2) is 51.4 Å². The Morgan fingerprint density at radius 3 is 2.66 bits per heavy atom. The maximum atomic E-state index is 12.5. The topological polar surface area (TPSA) is 91.8 Å². The van der Waals surface area contributed by atoms with Gasteiger partial charge in [-0.3, -0.25) is 9.59 Å². The first-order chi connectivity index (χ1) is 15.2. The molecule has 0 radical (unpaired) electrons. The van der Waals surface area contributed by atoms with E-state index >= 15 is 0 Å². The zero-order valence-electron chi connectivity index (χ0n) is 18.6. The van der Waals surface area contributed by atoms with Gasteiger partial charge in [-0.1, -0.05) is 11.3 Å². The van der Waals surface area contributed by atoms with E-state index < -0.39 is 5.60 Å². The molecule has 8 nitrogen and oxygen atoms in total. The molecule has 0 aliphatic carbocycles. The molecule has 0 spiro atoms. The number of aromatic nitrogens is 1. The van der Waals surface area contributed by atoms with E-state index in [1.807, 2.05) is 25.7 Å². The second kappa shape index (κ2) is 9.19. The number of nitrogens with one attached hydrogen (secondary N) is 1. The Bertz CT molecular complexity index is 1020. The van der Waals surface area contributed by atoms with Gasteiger partial charge in [-0.25, -0.2) is 9.78 Å². The smallest absolute Gasteiger partial charge is 0.410 e. The minimum atomic E-state index is -0.540. The molecule has 2 aromatic rings. The van der Waals surface area contributed by atoms with Crippen molar-refractivity contribution in [2.45, 2.75) is 65.1 Å². The van der Waals surface area contributed by atoms with Crippen molar-refractivity contribution < 1.29 is 19.1 Å². The van der Waals surface area contributed by atoms with E-state index in [4.69, 9.17) is 4.74 Å². The van der Waals surface area contributed by atoms with Gasteiger partial charge in [0.15, 0.2) is 5.13 Å². The van der Waals surface area contributed by atoms with Crippen LogP contribution < -0.4 is 5.32 Å². The lowest BCUT2D eigenvalue weighted by Gasteiger charge is -2.29. The molecule has 4 heterocycles. The van der Waals surface area contributed by atoms with E-state index in [1.165, 1.54) is 21.8 Å². The number of amides is 3. The fourth-order valence-electron chi connectivity index (χ4n) is 3.75. The van der Waals surface area contributed by atoms with E-state index in [9.17, 15) is 14.4 Å². The number of hydrogen-bond donors (Lipinski definition) is 1. The number of carbonyl (C=O) groups excluding carboxylic acids is 3. The van der Waals surface area contributed by atoms with Gasteiger partial charge < -0.3 is 19.9 Å². The molecule has 0 atom stereocenters. The van der Waals surface area contributed by atoms with Gasteiger partial charge in [-0.15, -0.1) is 11.3 Å². The van der Waals surface area contributed by atoms with Crippen molar-refractivity contribution in [3.63, 3.8) is 0 Å². The van der Waals surface area contributed by atoms with E-state index in [0.717, 1.165) is 17.0 Å². The fourth-order valence-corrected chi connectivity index (χ4v) is 5.68. The third kappa shape index (κ3) is 5.47. The molecule has 32 heavy (non-hydrogen) atoms. The van der Waals surface area contributed by atoms with Crippen molar-refractivity contribution >= 4 is 45.7 Å². The van der Waals surface area contributed by atoms with Crippen molar-refractivity contribution in [3.8, 4) is 0 Å². The predicted octanol–water partition coefficient (Wildman–Crippen LogP) is 3.80. The van der Waals surface area contributed by atoms with Crippen LogP contribution in [0.2, 0.25) is 0 Å². The first-order valence-corrected chi connectivity index (χ1v) is 12.5. The summed E-state index contributed by atoms with van der Waals surface area (Å²) in [6.45, 7) is 7.83. The largest absolute Gasteiger partial charge is 0.444 e. The summed E-state index contributed by atoms with van der Waals surface area (Å²) in [6.07, 6.45) is 1.48. The summed E-state index contributed by atoms with van der Waals surface area (Å²) in [4.78, 5) is 47.6. The van der Waals surface area contributed by atoms with Crippen LogP contribution in [0.15, 0.2) is 11.4 Å². The van der Waals surface area contributed by atoms with Gasteiger partial charge in [-0.2, -0.15) is 0 Å². The summed E-state index contributed by atoms with van der Waals surface area (Å²) < 4.78 is 5.45. The summed E-state index contributed by atoms with van der Waals surface area (Å²) in [5.41, 5.74) is 1.58. The van der Waals surface area contributed by atoms with Gasteiger partial charge in [0.05, 0.1) is 12.2 Å².